The van der Waals surface area contributed by atoms with Gasteiger partial charge in [-0.2, -0.15) is 0 Å². The summed E-state index contributed by atoms with van der Waals surface area (Å²) in [4.78, 5) is 30.0. The number of rotatable bonds is 9. The zero-order chi connectivity index (χ0) is 29.0. The summed E-state index contributed by atoms with van der Waals surface area (Å²) in [6.45, 7) is 4.16. The van der Waals surface area contributed by atoms with Crippen molar-refractivity contribution in [2.24, 2.45) is 0 Å². The van der Waals surface area contributed by atoms with Crippen LogP contribution in [-0.2, 0) is 22.9 Å². The van der Waals surface area contributed by atoms with Crippen molar-refractivity contribution in [1.82, 2.24) is 19.6 Å². The number of amides is 2. The van der Waals surface area contributed by atoms with Crippen LogP contribution >= 0.6 is 0 Å². The Labute approximate surface area is 239 Å². The van der Waals surface area contributed by atoms with Crippen LogP contribution in [0.5, 0.6) is 0 Å². The fourth-order valence-corrected chi connectivity index (χ4v) is 5.55. The SMILES string of the molecule is CCc1nc2cc(C(=O)c3ccccc3)ccc2n1-c1ccc(CCNC(=O)NS(=O)(=O)c2ccc(C)cc2)cc1. The average Bonchev–Trinajstić information content (AvgIpc) is 3.35. The van der Waals surface area contributed by atoms with E-state index in [0.717, 1.165) is 33.7 Å². The maximum atomic E-state index is 12.9. The van der Waals surface area contributed by atoms with Gasteiger partial charge in [0.2, 0.25) is 0 Å². The molecule has 4 aromatic carbocycles. The highest BCUT2D eigenvalue weighted by atomic mass is 32.2. The molecule has 0 bridgehead atoms. The third-order valence-electron chi connectivity index (χ3n) is 6.79. The Balaban J connectivity index is 1.25. The Bertz CT molecular complexity index is 1810. The minimum Gasteiger partial charge on any atom is -0.337 e. The monoisotopic (exact) mass is 566 g/mol. The van der Waals surface area contributed by atoms with Gasteiger partial charge in [-0.3, -0.25) is 9.36 Å². The lowest BCUT2D eigenvalue weighted by Crippen LogP contribution is -2.40. The number of ketones is 1. The molecular formula is C32H30N4O4S. The van der Waals surface area contributed by atoms with Crippen LogP contribution in [0.4, 0.5) is 4.79 Å². The minimum absolute atomic E-state index is 0.0336. The summed E-state index contributed by atoms with van der Waals surface area (Å²) in [5.41, 5.74) is 5.73. The molecule has 0 saturated heterocycles. The molecule has 41 heavy (non-hydrogen) atoms. The number of nitrogens with one attached hydrogen (secondary N) is 2. The van der Waals surface area contributed by atoms with E-state index in [1.165, 1.54) is 12.1 Å². The van der Waals surface area contributed by atoms with Crippen molar-refractivity contribution in [2.45, 2.75) is 31.6 Å². The van der Waals surface area contributed by atoms with Gasteiger partial charge in [0.05, 0.1) is 15.9 Å². The first-order valence-corrected chi connectivity index (χ1v) is 14.8. The summed E-state index contributed by atoms with van der Waals surface area (Å²) in [7, 11) is -3.94. The second-order valence-electron chi connectivity index (χ2n) is 9.71. The molecule has 0 unspecified atom stereocenters. The second kappa shape index (κ2) is 11.8. The van der Waals surface area contributed by atoms with Crippen molar-refractivity contribution in [1.29, 1.82) is 0 Å². The Kier molecular flexibility index (Phi) is 7.98. The van der Waals surface area contributed by atoms with Crippen molar-refractivity contribution in [3.05, 3.63) is 125 Å². The smallest absolute Gasteiger partial charge is 0.328 e. The van der Waals surface area contributed by atoms with Crippen molar-refractivity contribution >= 4 is 32.9 Å². The van der Waals surface area contributed by atoms with Crippen molar-refractivity contribution < 1.29 is 18.0 Å². The fraction of sp³-hybridized carbons (Fsp3) is 0.156. The van der Waals surface area contributed by atoms with E-state index in [1.54, 1.807) is 24.3 Å². The summed E-state index contributed by atoms with van der Waals surface area (Å²) in [5, 5.41) is 2.61. The van der Waals surface area contributed by atoms with E-state index < -0.39 is 16.1 Å². The largest absolute Gasteiger partial charge is 0.337 e. The number of urea groups is 1. The van der Waals surface area contributed by atoms with E-state index in [2.05, 4.69) is 9.88 Å². The number of carbonyl (C=O) groups is 2. The van der Waals surface area contributed by atoms with E-state index in [4.69, 9.17) is 4.98 Å². The first-order valence-electron chi connectivity index (χ1n) is 13.3. The van der Waals surface area contributed by atoms with Gasteiger partial charge in [-0.25, -0.2) is 22.9 Å². The van der Waals surface area contributed by atoms with Gasteiger partial charge in [0.25, 0.3) is 10.0 Å². The van der Waals surface area contributed by atoms with Crippen LogP contribution in [0, 0.1) is 6.92 Å². The lowest BCUT2D eigenvalue weighted by Gasteiger charge is -2.11. The molecule has 0 spiro atoms. The third-order valence-corrected chi connectivity index (χ3v) is 8.14. The Morgan fingerprint density at radius 3 is 2.24 bits per heavy atom. The number of fused-ring (bicyclic) bond motifs is 1. The van der Waals surface area contributed by atoms with E-state index >= 15 is 0 Å². The predicted molar refractivity (Wildman–Crippen MR) is 159 cm³/mol. The first kappa shape index (κ1) is 27.8. The molecule has 5 aromatic rings. The number of hydrogen-bond acceptors (Lipinski definition) is 5. The number of aromatic nitrogens is 2. The highest BCUT2D eigenvalue weighted by Crippen LogP contribution is 2.24. The highest BCUT2D eigenvalue weighted by Gasteiger charge is 2.18. The Morgan fingerprint density at radius 2 is 1.56 bits per heavy atom. The zero-order valence-corrected chi connectivity index (χ0v) is 23.6. The van der Waals surface area contributed by atoms with E-state index in [9.17, 15) is 18.0 Å². The summed E-state index contributed by atoms with van der Waals surface area (Å²) in [5.74, 6) is 0.838. The molecule has 0 fully saturated rings. The summed E-state index contributed by atoms with van der Waals surface area (Å²) < 4.78 is 28.9. The number of sulfonamides is 1. The molecule has 208 valence electrons. The van der Waals surface area contributed by atoms with Crippen LogP contribution < -0.4 is 10.0 Å². The minimum atomic E-state index is -3.94. The average molecular weight is 567 g/mol. The van der Waals surface area contributed by atoms with Crippen LogP contribution in [0.3, 0.4) is 0 Å². The van der Waals surface area contributed by atoms with Crippen molar-refractivity contribution in [3.63, 3.8) is 0 Å². The summed E-state index contributed by atoms with van der Waals surface area (Å²) >= 11 is 0. The van der Waals surface area contributed by atoms with Gasteiger partial charge in [0.1, 0.15) is 5.82 Å². The second-order valence-corrected chi connectivity index (χ2v) is 11.4. The number of nitrogens with zero attached hydrogens (tertiary/aromatic N) is 2. The summed E-state index contributed by atoms with van der Waals surface area (Å²) in [6, 6.07) is 28.2. The van der Waals surface area contributed by atoms with Crippen LogP contribution in [0.15, 0.2) is 102 Å². The van der Waals surface area contributed by atoms with E-state index in [0.29, 0.717) is 24.0 Å². The maximum Gasteiger partial charge on any atom is 0.328 e. The molecule has 0 atom stereocenters. The number of benzene rings is 4. The van der Waals surface area contributed by atoms with Gasteiger partial charge in [-0.15, -0.1) is 0 Å². The molecule has 2 N–H and O–H groups in total. The number of aryl methyl sites for hydroxylation is 2. The standard InChI is InChI=1S/C32H30N4O4S/c1-3-30-34-28-21-25(31(37)24-7-5-4-6-8-24)13-18-29(28)36(30)26-14-11-23(12-15-26)19-20-33-32(38)35-41(39,40)27-16-9-22(2)10-17-27/h4-18,21H,3,19-20H2,1-2H3,(H2,33,35,38). The highest BCUT2D eigenvalue weighted by molar-refractivity contribution is 7.90. The molecule has 0 saturated carbocycles. The molecule has 1 aromatic heterocycles. The molecule has 8 nitrogen and oxygen atoms in total. The number of imidazole rings is 1. The zero-order valence-electron chi connectivity index (χ0n) is 22.8. The third kappa shape index (κ3) is 6.20. The van der Waals surface area contributed by atoms with Gasteiger partial charge in [-0.05, 0) is 61.4 Å². The van der Waals surface area contributed by atoms with Crippen LogP contribution in [0.25, 0.3) is 16.7 Å². The molecule has 0 aliphatic carbocycles. The predicted octanol–water partition coefficient (Wildman–Crippen LogP) is 5.36. The van der Waals surface area contributed by atoms with Crippen LogP contribution in [0.2, 0.25) is 0 Å². The van der Waals surface area contributed by atoms with E-state index in [1.807, 2.05) is 79.2 Å². The molecule has 9 heteroatoms. The fourth-order valence-electron chi connectivity index (χ4n) is 4.62. The van der Waals surface area contributed by atoms with Crippen LogP contribution in [0.1, 0.15) is 39.8 Å². The van der Waals surface area contributed by atoms with Gasteiger partial charge < -0.3 is 5.32 Å². The normalized spacial score (nSPS) is 11.4. The first-order chi connectivity index (χ1) is 19.7. The summed E-state index contributed by atoms with van der Waals surface area (Å²) in [6.07, 6.45) is 1.23. The van der Waals surface area contributed by atoms with Gasteiger partial charge in [0.15, 0.2) is 5.78 Å². The number of hydrogen-bond donors (Lipinski definition) is 2. The van der Waals surface area contributed by atoms with E-state index in [-0.39, 0.29) is 17.2 Å². The molecule has 0 aliphatic rings. The maximum absolute atomic E-state index is 12.9. The molecule has 0 aliphatic heterocycles. The van der Waals surface area contributed by atoms with Crippen molar-refractivity contribution in [2.75, 3.05) is 6.54 Å². The quantitative estimate of drug-likeness (QED) is 0.234. The van der Waals surface area contributed by atoms with Gasteiger partial charge >= 0.3 is 6.03 Å². The molecular weight excluding hydrogens is 536 g/mol. The van der Waals surface area contributed by atoms with Crippen molar-refractivity contribution in [3.8, 4) is 5.69 Å². The Morgan fingerprint density at radius 1 is 0.854 bits per heavy atom. The molecule has 5 rings (SSSR count). The number of carbonyl (C=O) groups excluding carboxylic acids is 2. The molecule has 0 radical (unpaired) electrons. The van der Waals surface area contributed by atoms with Gasteiger partial charge in [0, 0.05) is 29.8 Å². The van der Waals surface area contributed by atoms with Gasteiger partial charge in [-0.1, -0.05) is 67.1 Å². The molecule has 2 amide bonds. The Hall–Kier alpha value is -4.76. The van der Waals surface area contributed by atoms with Crippen LogP contribution in [-0.4, -0.2) is 36.3 Å². The molecule has 1 heterocycles. The lowest BCUT2D eigenvalue weighted by atomic mass is 10.0. The topological polar surface area (TPSA) is 110 Å². The lowest BCUT2D eigenvalue weighted by molar-refractivity contribution is 0.103.